The lowest BCUT2D eigenvalue weighted by Gasteiger charge is -2.37. The predicted molar refractivity (Wildman–Crippen MR) is 127 cm³/mol. The van der Waals surface area contributed by atoms with Gasteiger partial charge in [-0.25, -0.2) is 4.98 Å². The molecule has 1 saturated heterocycles. The van der Waals surface area contributed by atoms with E-state index in [-0.39, 0.29) is 29.4 Å². The number of aromatic nitrogens is 1. The van der Waals surface area contributed by atoms with E-state index in [4.69, 9.17) is 4.99 Å². The lowest BCUT2D eigenvalue weighted by molar-refractivity contribution is 0.369. The molecule has 2 aromatic rings. The zero-order valence-electron chi connectivity index (χ0n) is 16.4. The molecule has 0 atom stereocenters. The molecule has 1 N–H and O–H groups in total. The molecule has 0 radical (unpaired) electrons. The summed E-state index contributed by atoms with van der Waals surface area (Å²) in [6.07, 6.45) is 1.86. The second-order valence-electron chi connectivity index (χ2n) is 7.19. The first kappa shape index (κ1) is 21.9. The van der Waals surface area contributed by atoms with Crippen LogP contribution in [0.15, 0.2) is 46.9 Å². The lowest BCUT2D eigenvalue weighted by atomic mass is 9.92. The number of halogens is 1. The van der Waals surface area contributed by atoms with Crippen molar-refractivity contribution in [3.8, 4) is 0 Å². The van der Waals surface area contributed by atoms with Gasteiger partial charge in [-0.1, -0.05) is 26.0 Å². The van der Waals surface area contributed by atoms with Crippen molar-refractivity contribution in [1.82, 2.24) is 15.2 Å². The van der Waals surface area contributed by atoms with E-state index in [2.05, 4.69) is 64.5 Å². The van der Waals surface area contributed by atoms with Gasteiger partial charge in [0.1, 0.15) is 5.82 Å². The first-order chi connectivity index (χ1) is 12.6. The fraction of sp³-hybridized carbons (Fsp3) is 0.500. The number of nitrogens with zero attached hydrogens (tertiary/aromatic N) is 4. The molecule has 0 saturated carbocycles. The minimum atomic E-state index is 0. The minimum absolute atomic E-state index is 0. The highest BCUT2D eigenvalue weighted by atomic mass is 127. The van der Waals surface area contributed by atoms with Gasteiger partial charge in [-0.3, -0.25) is 4.99 Å². The molecule has 2 aromatic heterocycles. The Hall–Kier alpha value is -1.35. The number of piperazine rings is 1. The topological polar surface area (TPSA) is 43.8 Å². The molecular weight excluding hydrogens is 469 g/mol. The third-order valence-corrected chi connectivity index (χ3v) is 5.94. The van der Waals surface area contributed by atoms with Crippen LogP contribution in [-0.2, 0) is 5.41 Å². The smallest absolute Gasteiger partial charge is 0.194 e. The Morgan fingerprint density at radius 2 is 1.96 bits per heavy atom. The number of anilines is 1. The molecule has 0 bridgehead atoms. The number of pyridine rings is 1. The summed E-state index contributed by atoms with van der Waals surface area (Å²) < 4.78 is 0. The number of hydrogen-bond donors (Lipinski definition) is 1. The molecule has 27 heavy (non-hydrogen) atoms. The molecule has 0 amide bonds. The largest absolute Gasteiger partial charge is 0.357 e. The zero-order valence-corrected chi connectivity index (χ0v) is 19.5. The Bertz CT molecular complexity index is 694. The van der Waals surface area contributed by atoms with Crippen molar-refractivity contribution in [2.75, 3.05) is 44.2 Å². The van der Waals surface area contributed by atoms with Gasteiger partial charge in [0.15, 0.2) is 5.96 Å². The van der Waals surface area contributed by atoms with Crippen LogP contribution in [0, 0.1) is 0 Å². The van der Waals surface area contributed by atoms with Crippen LogP contribution in [0.2, 0.25) is 0 Å². The van der Waals surface area contributed by atoms with Crippen molar-refractivity contribution >= 4 is 47.1 Å². The standard InChI is InChI=1S/C20H29N5S.HI/c1-4-21-19(23-16-20(2,3)17-8-7-15-26-17)25-13-11-24(12-14-25)18-9-5-6-10-22-18;/h5-10,15H,4,11-14,16H2,1-3H3,(H,21,23);1H. The summed E-state index contributed by atoms with van der Waals surface area (Å²) in [5, 5.41) is 5.61. The van der Waals surface area contributed by atoms with Crippen LogP contribution in [0.25, 0.3) is 0 Å². The maximum absolute atomic E-state index is 4.97. The van der Waals surface area contributed by atoms with Gasteiger partial charge in [0.2, 0.25) is 0 Å². The highest BCUT2D eigenvalue weighted by Crippen LogP contribution is 2.27. The number of aliphatic imine (C=N–C) groups is 1. The van der Waals surface area contributed by atoms with E-state index < -0.39 is 0 Å². The van der Waals surface area contributed by atoms with Crippen LogP contribution in [-0.4, -0.2) is 55.1 Å². The second kappa shape index (κ2) is 10.3. The van der Waals surface area contributed by atoms with Crippen LogP contribution >= 0.6 is 35.3 Å². The molecule has 1 aliphatic heterocycles. The fourth-order valence-corrected chi connectivity index (χ4v) is 3.97. The highest BCUT2D eigenvalue weighted by Gasteiger charge is 2.24. The van der Waals surface area contributed by atoms with E-state index in [1.807, 2.05) is 29.7 Å². The summed E-state index contributed by atoms with van der Waals surface area (Å²) >= 11 is 1.81. The SMILES string of the molecule is CCNC(=NCC(C)(C)c1cccs1)N1CCN(c2ccccn2)CC1.I. The monoisotopic (exact) mass is 499 g/mol. The van der Waals surface area contributed by atoms with Crippen molar-refractivity contribution in [2.24, 2.45) is 4.99 Å². The molecule has 3 rings (SSSR count). The van der Waals surface area contributed by atoms with Gasteiger partial charge in [0.25, 0.3) is 0 Å². The Balaban J connectivity index is 0.00000261. The molecule has 0 aromatic carbocycles. The predicted octanol–water partition coefficient (Wildman–Crippen LogP) is 3.83. The third-order valence-electron chi connectivity index (χ3n) is 4.70. The van der Waals surface area contributed by atoms with Gasteiger partial charge >= 0.3 is 0 Å². The van der Waals surface area contributed by atoms with Crippen LogP contribution in [0.4, 0.5) is 5.82 Å². The number of guanidine groups is 1. The van der Waals surface area contributed by atoms with E-state index in [9.17, 15) is 0 Å². The van der Waals surface area contributed by atoms with E-state index in [0.29, 0.717) is 0 Å². The average Bonchev–Trinajstić information content (AvgIpc) is 3.22. The van der Waals surface area contributed by atoms with Gasteiger partial charge in [-0.15, -0.1) is 35.3 Å². The second-order valence-corrected chi connectivity index (χ2v) is 8.14. The summed E-state index contributed by atoms with van der Waals surface area (Å²) in [4.78, 5) is 15.5. The van der Waals surface area contributed by atoms with E-state index in [1.54, 1.807) is 0 Å². The van der Waals surface area contributed by atoms with Crippen molar-refractivity contribution in [3.63, 3.8) is 0 Å². The van der Waals surface area contributed by atoms with Gasteiger partial charge in [0, 0.05) is 49.2 Å². The number of hydrogen-bond acceptors (Lipinski definition) is 4. The normalized spacial score (nSPS) is 15.4. The number of thiophene rings is 1. The molecule has 7 heteroatoms. The van der Waals surface area contributed by atoms with Crippen molar-refractivity contribution in [2.45, 2.75) is 26.2 Å². The van der Waals surface area contributed by atoms with Crippen molar-refractivity contribution in [3.05, 3.63) is 46.8 Å². The molecule has 0 spiro atoms. The highest BCUT2D eigenvalue weighted by molar-refractivity contribution is 14.0. The van der Waals surface area contributed by atoms with E-state index in [1.165, 1.54) is 4.88 Å². The first-order valence-electron chi connectivity index (χ1n) is 9.33. The summed E-state index contributed by atoms with van der Waals surface area (Å²) in [6, 6.07) is 10.4. The van der Waals surface area contributed by atoms with E-state index >= 15 is 0 Å². The maximum Gasteiger partial charge on any atom is 0.194 e. The Kier molecular flexibility index (Phi) is 8.34. The van der Waals surface area contributed by atoms with Crippen LogP contribution < -0.4 is 10.2 Å². The molecule has 5 nitrogen and oxygen atoms in total. The molecule has 1 fully saturated rings. The Morgan fingerprint density at radius 1 is 1.19 bits per heavy atom. The summed E-state index contributed by atoms with van der Waals surface area (Å²) in [7, 11) is 0. The summed E-state index contributed by atoms with van der Waals surface area (Å²) in [6.45, 7) is 12.2. The number of rotatable bonds is 5. The quantitative estimate of drug-likeness (QED) is 0.386. The number of nitrogens with one attached hydrogen (secondary N) is 1. The van der Waals surface area contributed by atoms with Gasteiger partial charge in [0.05, 0.1) is 6.54 Å². The summed E-state index contributed by atoms with van der Waals surface area (Å²) in [5.74, 6) is 2.09. The molecule has 1 aliphatic rings. The van der Waals surface area contributed by atoms with Crippen LogP contribution in [0.1, 0.15) is 25.6 Å². The van der Waals surface area contributed by atoms with Crippen molar-refractivity contribution in [1.29, 1.82) is 0 Å². The Labute approximate surface area is 183 Å². The lowest BCUT2D eigenvalue weighted by Crippen LogP contribution is -2.53. The molecule has 0 aliphatic carbocycles. The van der Waals surface area contributed by atoms with Crippen LogP contribution in [0.5, 0.6) is 0 Å². The van der Waals surface area contributed by atoms with Gasteiger partial charge in [-0.05, 0) is 30.5 Å². The molecule has 148 valence electrons. The van der Waals surface area contributed by atoms with Gasteiger partial charge in [-0.2, -0.15) is 0 Å². The maximum atomic E-state index is 4.97. The first-order valence-corrected chi connectivity index (χ1v) is 10.2. The molecular formula is C20H30IN5S. The average molecular weight is 499 g/mol. The molecule has 3 heterocycles. The van der Waals surface area contributed by atoms with Crippen molar-refractivity contribution < 1.29 is 0 Å². The van der Waals surface area contributed by atoms with Gasteiger partial charge < -0.3 is 15.1 Å². The minimum Gasteiger partial charge on any atom is -0.357 e. The van der Waals surface area contributed by atoms with E-state index in [0.717, 1.165) is 51.0 Å². The molecule has 0 unspecified atom stereocenters. The Morgan fingerprint density at radius 3 is 2.56 bits per heavy atom. The fourth-order valence-electron chi connectivity index (χ4n) is 3.13. The summed E-state index contributed by atoms with van der Waals surface area (Å²) in [5.41, 5.74) is 0.0601. The third kappa shape index (κ3) is 5.81. The zero-order chi connectivity index (χ0) is 18.4. The van der Waals surface area contributed by atoms with Crippen LogP contribution in [0.3, 0.4) is 0 Å².